The van der Waals surface area contributed by atoms with Gasteiger partial charge in [0, 0.05) is 24.4 Å². The molecule has 0 amide bonds. The third-order valence-electron chi connectivity index (χ3n) is 2.57. The van der Waals surface area contributed by atoms with Crippen LogP contribution in [0.5, 0.6) is 5.88 Å². The Balaban J connectivity index is 2.54. The first-order valence-electron chi connectivity index (χ1n) is 5.91. The zero-order valence-corrected chi connectivity index (χ0v) is 11.0. The van der Waals surface area contributed by atoms with E-state index in [1.807, 2.05) is 6.92 Å². The molecule has 0 aliphatic rings. The van der Waals surface area contributed by atoms with Crippen molar-refractivity contribution < 1.29 is 9.66 Å². The van der Waals surface area contributed by atoms with Gasteiger partial charge in [-0.3, -0.25) is 10.1 Å². The van der Waals surface area contributed by atoms with Gasteiger partial charge >= 0.3 is 5.69 Å². The van der Waals surface area contributed by atoms with Gasteiger partial charge in [0.25, 0.3) is 0 Å². The first kappa shape index (κ1) is 13.7. The fourth-order valence-corrected chi connectivity index (χ4v) is 1.70. The summed E-state index contributed by atoms with van der Waals surface area (Å²) in [5.41, 5.74) is 0.580. The predicted octanol–water partition coefficient (Wildman–Crippen LogP) is 1.89. The zero-order valence-electron chi connectivity index (χ0n) is 11.0. The van der Waals surface area contributed by atoms with E-state index in [9.17, 15) is 10.1 Å². The molecule has 0 saturated heterocycles. The number of ether oxygens (including phenoxy) is 1. The highest BCUT2D eigenvalue weighted by Crippen LogP contribution is 2.32. The number of methoxy groups -OCH3 is 1. The second-order valence-electron chi connectivity index (χ2n) is 3.80. The van der Waals surface area contributed by atoms with E-state index in [0.717, 1.165) is 0 Å². The van der Waals surface area contributed by atoms with E-state index < -0.39 is 4.92 Å². The molecule has 2 heterocycles. The molecule has 0 bridgehead atoms. The Bertz CT molecular complexity index is 615. The van der Waals surface area contributed by atoms with Gasteiger partial charge in [0.15, 0.2) is 5.69 Å². The summed E-state index contributed by atoms with van der Waals surface area (Å²) in [6.07, 6.45) is 2.76. The summed E-state index contributed by atoms with van der Waals surface area (Å²) in [6, 6.07) is 3.28. The standard InChI is InChI=1S/C12H13N5O3/c1-3-13-12-11(17(18)19)10(15-7-16-12)8-4-5-9(20-2)14-6-8/h4-7H,3H2,1-2H3,(H,13,15,16). The molecule has 0 saturated carbocycles. The van der Waals surface area contributed by atoms with Gasteiger partial charge in [0.2, 0.25) is 11.7 Å². The molecule has 0 aliphatic heterocycles. The van der Waals surface area contributed by atoms with E-state index in [1.165, 1.54) is 19.6 Å². The molecular formula is C12H13N5O3. The minimum atomic E-state index is -0.502. The lowest BCUT2D eigenvalue weighted by molar-refractivity contribution is -0.383. The van der Waals surface area contributed by atoms with Crippen LogP contribution in [0.4, 0.5) is 11.5 Å². The maximum atomic E-state index is 11.3. The molecule has 2 aromatic heterocycles. The lowest BCUT2D eigenvalue weighted by Gasteiger charge is -2.07. The van der Waals surface area contributed by atoms with Crippen LogP contribution in [0.25, 0.3) is 11.3 Å². The van der Waals surface area contributed by atoms with Crippen LogP contribution in [-0.4, -0.2) is 33.5 Å². The molecule has 0 aliphatic carbocycles. The largest absolute Gasteiger partial charge is 0.481 e. The van der Waals surface area contributed by atoms with Gasteiger partial charge in [0.1, 0.15) is 6.33 Å². The smallest absolute Gasteiger partial charge is 0.337 e. The highest BCUT2D eigenvalue weighted by atomic mass is 16.6. The Morgan fingerprint density at radius 1 is 1.35 bits per heavy atom. The number of rotatable bonds is 5. The normalized spacial score (nSPS) is 10.1. The number of pyridine rings is 1. The molecule has 0 unspecified atom stereocenters. The Morgan fingerprint density at radius 3 is 2.70 bits per heavy atom. The van der Waals surface area contributed by atoms with Crippen molar-refractivity contribution in [2.24, 2.45) is 0 Å². The SMILES string of the molecule is CCNc1ncnc(-c2ccc(OC)nc2)c1[N+](=O)[O-]. The van der Waals surface area contributed by atoms with Crippen molar-refractivity contribution in [1.82, 2.24) is 15.0 Å². The molecule has 0 aromatic carbocycles. The molecule has 0 spiro atoms. The Labute approximate surface area is 115 Å². The molecule has 2 rings (SSSR count). The van der Waals surface area contributed by atoms with Crippen molar-refractivity contribution in [2.75, 3.05) is 19.0 Å². The minimum absolute atomic E-state index is 0.165. The topological polar surface area (TPSA) is 103 Å². The number of hydrogen-bond donors (Lipinski definition) is 1. The fourth-order valence-electron chi connectivity index (χ4n) is 1.70. The van der Waals surface area contributed by atoms with Gasteiger partial charge in [-0.15, -0.1) is 0 Å². The van der Waals surface area contributed by atoms with Crippen LogP contribution in [0, 0.1) is 10.1 Å². The van der Waals surface area contributed by atoms with E-state index >= 15 is 0 Å². The summed E-state index contributed by atoms with van der Waals surface area (Å²) in [5, 5.41) is 14.1. The van der Waals surface area contributed by atoms with Gasteiger partial charge in [-0.05, 0) is 13.0 Å². The summed E-state index contributed by atoms with van der Waals surface area (Å²) in [7, 11) is 1.50. The molecule has 8 heteroatoms. The predicted molar refractivity (Wildman–Crippen MR) is 72.6 cm³/mol. The zero-order chi connectivity index (χ0) is 14.5. The first-order chi connectivity index (χ1) is 9.67. The van der Waals surface area contributed by atoms with Gasteiger partial charge in [-0.1, -0.05) is 0 Å². The second-order valence-corrected chi connectivity index (χ2v) is 3.80. The third kappa shape index (κ3) is 2.63. The average Bonchev–Trinajstić information content (AvgIpc) is 2.47. The van der Waals surface area contributed by atoms with Crippen LogP contribution >= 0.6 is 0 Å². The van der Waals surface area contributed by atoms with Gasteiger partial charge in [0.05, 0.1) is 12.0 Å². The van der Waals surface area contributed by atoms with Gasteiger partial charge in [-0.25, -0.2) is 15.0 Å². The number of nitrogens with zero attached hydrogens (tertiary/aromatic N) is 4. The van der Waals surface area contributed by atoms with Gasteiger partial charge < -0.3 is 10.1 Å². The molecule has 8 nitrogen and oxygen atoms in total. The van der Waals surface area contributed by atoms with Crippen LogP contribution in [0.15, 0.2) is 24.7 Å². The number of nitrogens with one attached hydrogen (secondary N) is 1. The maximum absolute atomic E-state index is 11.3. The van der Waals surface area contributed by atoms with E-state index in [4.69, 9.17) is 4.74 Å². The van der Waals surface area contributed by atoms with Crippen molar-refractivity contribution in [1.29, 1.82) is 0 Å². The van der Waals surface area contributed by atoms with Crippen molar-refractivity contribution in [3.63, 3.8) is 0 Å². The number of nitro groups is 1. The highest BCUT2D eigenvalue weighted by Gasteiger charge is 2.23. The van der Waals surface area contributed by atoms with Crippen LogP contribution in [0.2, 0.25) is 0 Å². The molecule has 1 N–H and O–H groups in total. The molecule has 0 radical (unpaired) electrons. The molecular weight excluding hydrogens is 262 g/mol. The molecule has 0 atom stereocenters. The van der Waals surface area contributed by atoms with Crippen molar-refractivity contribution >= 4 is 11.5 Å². The highest BCUT2D eigenvalue weighted by molar-refractivity contribution is 5.76. The van der Waals surface area contributed by atoms with Crippen LogP contribution in [0.1, 0.15) is 6.92 Å². The Hall–Kier alpha value is -2.77. The van der Waals surface area contributed by atoms with Gasteiger partial charge in [-0.2, -0.15) is 0 Å². The van der Waals surface area contributed by atoms with Crippen molar-refractivity contribution in [3.05, 3.63) is 34.8 Å². The summed E-state index contributed by atoms with van der Waals surface area (Å²) in [5.74, 6) is 0.621. The first-order valence-corrected chi connectivity index (χ1v) is 5.91. The minimum Gasteiger partial charge on any atom is -0.481 e. The average molecular weight is 275 g/mol. The van der Waals surface area contributed by atoms with E-state index in [2.05, 4.69) is 20.3 Å². The van der Waals surface area contributed by atoms with Crippen LogP contribution in [-0.2, 0) is 0 Å². The molecule has 20 heavy (non-hydrogen) atoms. The fraction of sp³-hybridized carbons (Fsp3) is 0.250. The van der Waals surface area contributed by atoms with Crippen molar-refractivity contribution in [2.45, 2.75) is 6.92 Å². The van der Waals surface area contributed by atoms with E-state index in [-0.39, 0.29) is 17.2 Å². The molecule has 0 fully saturated rings. The molecule has 2 aromatic rings. The lowest BCUT2D eigenvalue weighted by atomic mass is 10.1. The maximum Gasteiger partial charge on any atom is 0.337 e. The summed E-state index contributed by atoms with van der Waals surface area (Å²) < 4.78 is 4.95. The van der Waals surface area contributed by atoms with Crippen LogP contribution < -0.4 is 10.1 Å². The van der Waals surface area contributed by atoms with E-state index in [1.54, 1.807) is 12.1 Å². The molecule has 104 valence electrons. The van der Waals surface area contributed by atoms with Crippen LogP contribution in [0.3, 0.4) is 0 Å². The van der Waals surface area contributed by atoms with E-state index in [0.29, 0.717) is 18.0 Å². The van der Waals surface area contributed by atoms with Crippen molar-refractivity contribution in [3.8, 4) is 17.1 Å². The summed E-state index contributed by atoms with van der Waals surface area (Å²) in [6.45, 7) is 2.36. The number of aromatic nitrogens is 3. The number of hydrogen-bond acceptors (Lipinski definition) is 7. The quantitative estimate of drug-likeness (QED) is 0.656. The summed E-state index contributed by atoms with van der Waals surface area (Å²) in [4.78, 5) is 22.7. The summed E-state index contributed by atoms with van der Waals surface area (Å²) >= 11 is 0. The Morgan fingerprint density at radius 2 is 2.15 bits per heavy atom. The Kier molecular flexibility index (Phi) is 4.04. The monoisotopic (exact) mass is 275 g/mol. The second kappa shape index (κ2) is 5.91. The third-order valence-corrected chi connectivity index (χ3v) is 2.57. The number of anilines is 1. The lowest BCUT2D eigenvalue weighted by Crippen LogP contribution is -2.06.